The van der Waals surface area contributed by atoms with Crippen LogP contribution in [0.2, 0.25) is 0 Å². The molecule has 2 aliphatic rings. The molecule has 0 spiro atoms. The fourth-order valence-electron chi connectivity index (χ4n) is 3.98. The Morgan fingerprint density at radius 3 is 2.86 bits per heavy atom. The molecule has 0 amide bonds. The fraction of sp³-hybridized carbons (Fsp3) is 0.773. The van der Waals surface area contributed by atoms with Crippen LogP contribution in [0.4, 0.5) is 0 Å². The molecule has 0 radical (unpaired) electrons. The van der Waals surface area contributed by atoms with Gasteiger partial charge in [-0.1, -0.05) is 6.07 Å². The van der Waals surface area contributed by atoms with Crippen molar-refractivity contribution < 1.29 is 9.47 Å². The van der Waals surface area contributed by atoms with Crippen LogP contribution in [0.25, 0.3) is 0 Å². The molecule has 29 heavy (non-hydrogen) atoms. The summed E-state index contributed by atoms with van der Waals surface area (Å²) in [6.07, 6.45) is 5.87. The predicted octanol–water partition coefficient (Wildman–Crippen LogP) is 3.27. The smallest absolute Gasteiger partial charge is 0.191 e. The van der Waals surface area contributed by atoms with Gasteiger partial charge in [0.25, 0.3) is 0 Å². The third kappa shape index (κ3) is 7.89. The summed E-state index contributed by atoms with van der Waals surface area (Å²) in [6.45, 7) is 10.5. The van der Waals surface area contributed by atoms with E-state index in [4.69, 9.17) is 14.5 Å². The van der Waals surface area contributed by atoms with Crippen molar-refractivity contribution in [1.29, 1.82) is 0 Å². The Morgan fingerprint density at radius 1 is 1.31 bits per heavy atom. The molecule has 164 valence electrons. The summed E-state index contributed by atoms with van der Waals surface area (Å²) in [7, 11) is 0. The Balaban J connectivity index is 1.39. The quantitative estimate of drug-likeness (QED) is 0.326. The van der Waals surface area contributed by atoms with Gasteiger partial charge in [-0.15, -0.1) is 11.3 Å². The Hall–Kier alpha value is -1.15. The molecule has 1 aromatic heterocycles. The monoisotopic (exact) mass is 422 g/mol. The number of likely N-dealkylation sites (tertiary alicyclic amines) is 1. The lowest BCUT2D eigenvalue weighted by Gasteiger charge is -2.25. The Labute approximate surface area is 180 Å². The van der Waals surface area contributed by atoms with Crippen molar-refractivity contribution in [3.05, 3.63) is 22.4 Å². The normalized spacial score (nSPS) is 20.1. The number of rotatable bonds is 11. The van der Waals surface area contributed by atoms with E-state index in [9.17, 15) is 0 Å². The van der Waals surface area contributed by atoms with E-state index in [0.717, 1.165) is 71.3 Å². The van der Waals surface area contributed by atoms with Crippen LogP contribution in [-0.2, 0) is 9.47 Å². The highest BCUT2D eigenvalue weighted by Gasteiger charge is 2.24. The molecule has 6 nitrogen and oxygen atoms in total. The van der Waals surface area contributed by atoms with Gasteiger partial charge < -0.3 is 20.1 Å². The SMILES string of the molecule is CCNC(=NCC(c1cccs1)N1CCCC1)NCCCOCC1CCOCC1. The Bertz CT molecular complexity index is 569. The highest BCUT2D eigenvalue weighted by Crippen LogP contribution is 2.28. The lowest BCUT2D eigenvalue weighted by molar-refractivity contribution is 0.0203. The van der Waals surface area contributed by atoms with Crippen LogP contribution in [0.5, 0.6) is 0 Å². The molecule has 0 saturated carbocycles. The van der Waals surface area contributed by atoms with E-state index in [1.807, 2.05) is 11.3 Å². The van der Waals surface area contributed by atoms with Crippen molar-refractivity contribution in [2.45, 2.75) is 45.1 Å². The molecule has 3 heterocycles. The standard InChI is InChI=1S/C22H38N4O2S/c1-2-23-22(24-10-6-13-28-18-19-8-14-27-15-9-19)25-17-20(21-7-5-16-29-21)26-11-3-4-12-26/h5,7,16,19-20H,2-4,6,8-15,17-18H2,1H3,(H2,23,24,25). The maximum Gasteiger partial charge on any atom is 0.191 e. The van der Waals surface area contributed by atoms with Gasteiger partial charge in [0.2, 0.25) is 0 Å². The average Bonchev–Trinajstić information content (AvgIpc) is 3.46. The molecule has 2 aliphatic heterocycles. The van der Waals surface area contributed by atoms with E-state index in [1.165, 1.54) is 30.8 Å². The van der Waals surface area contributed by atoms with Gasteiger partial charge in [-0.05, 0) is 69.5 Å². The summed E-state index contributed by atoms with van der Waals surface area (Å²) in [5, 5.41) is 9.03. The third-order valence-electron chi connectivity index (χ3n) is 5.67. The van der Waals surface area contributed by atoms with Crippen molar-refractivity contribution >= 4 is 17.3 Å². The van der Waals surface area contributed by atoms with Crippen molar-refractivity contribution in [1.82, 2.24) is 15.5 Å². The summed E-state index contributed by atoms with van der Waals surface area (Å²) in [5.74, 6) is 1.59. The fourth-order valence-corrected chi connectivity index (χ4v) is 4.84. The van der Waals surface area contributed by atoms with Gasteiger partial charge in [0, 0.05) is 44.4 Å². The summed E-state index contributed by atoms with van der Waals surface area (Å²) in [6, 6.07) is 4.80. The van der Waals surface area contributed by atoms with Crippen LogP contribution < -0.4 is 10.6 Å². The number of nitrogens with one attached hydrogen (secondary N) is 2. The third-order valence-corrected chi connectivity index (χ3v) is 6.65. The average molecular weight is 423 g/mol. The second-order valence-electron chi connectivity index (χ2n) is 7.90. The van der Waals surface area contributed by atoms with Crippen LogP contribution in [-0.4, -0.2) is 70.0 Å². The molecule has 7 heteroatoms. The van der Waals surface area contributed by atoms with E-state index in [-0.39, 0.29) is 0 Å². The van der Waals surface area contributed by atoms with Gasteiger partial charge in [0.1, 0.15) is 0 Å². The number of hydrogen-bond acceptors (Lipinski definition) is 5. The largest absolute Gasteiger partial charge is 0.381 e. The van der Waals surface area contributed by atoms with Crippen molar-refractivity contribution in [2.75, 3.05) is 59.2 Å². The highest BCUT2D eigenvalue weighted by atomic mass is 32.1. The first-order valence-corrected chi connectivity index (χ1v) is 12.2. The number of hydrogen-bond donors (Lipinski definition) is 2. The zero-order chi connectivity index (χ0) is 20.2. The molecule has 3 rings (SSSR count). The zero-order valence-electron chi connectivity index (χ0n) is 17.9. The van der Waals surface area contributed by atoms with E-state index in [0.29, 0.717) is 12.0 Å². The minimum Gasteiger partial charge on any atom is -0.381 e. The molecular weight excluding hydrogens is 384 g/mol. The molecule has 2 N–H and O–H groups in total. The molecule has 1 aromatic rings. The number of guanidine groups is 1. The molecule has 1 atom stereocenters. The highest BCUT2D eigenvalue weighted by molar-refractivity contribution is 7.10. The van der Waals surface area contributed by atoms with Crippen LogP contribution >= 0.6 is 11.3 Å². The van der Waals surface area contributed by atoms with E-state index in [2.05, 4.69) is 40.0 Å². The molecule has 2 fully saturated rings. The topological polar surface area (TPSA) is 58.1 Å². The second kappa shape index (κ2) is 13.2. The van der Waals surface area contributed by atoms with E-state index < -0.39 is 0 Å². The van der Waals surface area contributed by atoms with Gasteiger partial charge in [-0.2, -0.15) is 0 Å². The summed E-state index contributed by atoms with van der Waals surface area (Å²) in [4.78, 5) is 8.92. The van der Waals surface area contributed by atoms with Crippen molar-refractivity contribution in [3.8, 4) is 0 Å². The van der Waals surface area contributed by atoms with Crippen LogP contribution in [0.3, 0.4) is 0 Å². The number of thiophene rings is 1. The van der Waals surface area contributed by atoms with Crippen LogP contribution in [0.1, 0.15) is 49.9 Å². The lowest BCUT2D eigenvalue weighted by Crippen LogP contribution is -2.39. The molecular formula is C22H38N4O2S. The van der Waals surface area contributed by atoms with Crippen LogP contribution in [0, 0.1) is 5.92 Å². The summed E-state index contributed by atoms with van der Waals surface area (Å²) < 4.78 is 11.3. The maximum absolute atomic E-state index is 5.87. The second-order valence-corrected chi connectivity index (χ2v) is 8.88. The molecule has 1 unspecified atom stereocenters. The van der Waals surface area contributed by atoms with Gasteiger partial charge in [-0.3, -0.25) is 9.89 Å². The first-order valence-electron chi connectivity index (χ1n) is 11.3. The van der Waals surface area contributed by atoms with Gasteiger partial charge in [0.05, 0.1) is 12.6 Å². The molecule has 0 aliphatic carbocycles. The molecule has 2 saturated heterocycles. The first-order chi connectivity index (χ1) is 14.4. The van der Waals surface area contributed by atoms with E-state index in [1.54, 1.807) is 0 Å². The van der Waals surface area contributed by atoms with Crippen LogP contribution in [0.15, 0.2) is 22.5 Å². The molecule has 0 aromatic carbocycles. The summed E-state index contributed by atoms with van der Waals surface area (Å²) in [5.41, 5.74) is 0. The van der Waals surface area contributed by atoms with Gasteiger partial charge >= 0.3 is 0 Å². The minimum atomic E-state index is 0.399. The summed E-state index contributed by atoms with van der Waals surface area (Å²) >= 11 is 1.85. The molecule has 0 bridgehead atoms. The van der Waals surface area contributed by atoms with Crippen molar-refractivity contribution in [2.24, 2.45) is 10.9 Å². The van der Waals surface area contributed by atoms with Crippen molar-refractivity contribution in [3.63, 3.8) is 0 Å². The number of ether oxygens (including phenoxy) is 2. The number of aliphatic imine (C=N–C) groups is 1. The Kier molecular flexibility index (Phi) is 10.3. The lowest BCUT2D eigenvalue weighted by atomic mass is 10.0. The zero-order valence-corrected chi connectivity index (χ0v) is 18.7. The predicted molar refractivity (Wildman–Crippen MR) is 121 cm³/mol. The first kappa shape index (κ1) is 22.5. The van der Waals surface area contributed by atoms with Gasteiger partial charge in [0.15, 0.2) is 5.96 Å². The maximum atomic E-state index is 5.87. The van der Waals surface area contributed by atoms with E-state index >= 15 is 0 Å². The van der Waals surface area contributed by atoms with Gasteiger partial charge in [-0.25, -0.2) is 0 Å². The number of nitrogens with zero attached hydrogens (tertiary/aromatic N) is 2. The Morgan fingerprint density at radius 2 is 2.14 bits per heavy atom. The minimum absolute atomic E-state index is 0.399.